The molecule has 0 amide bonds. The molecular formula is C27H37F3N4O3Si. The number of rotatable bonds is 9. The summed E-state index contributed by atoms with van der Waals surface area (Å²) in [6, 6.07) is 5.66. The normalized spacial score (nSPS) is 20.2. The Morgan fingerprint density at radius 2 is 1.89 bits per heavy atom. The Kier molecular flexibility index (Phi) is 7.19. The van der Waals surface area contributed by atoms with Gasteiger partial charge in [0.25, 0.3) is 5.56 Å². The molecule has 0 N–H and O–H groups in total. The Balaban J connectivity index is 1.73. The van der Waals surface area contributed by atoms with Gasteiger partial charge in [0.05, 0.1) is 22.6 Å². The molecule has 1 saturated carbocycles. The molecule has 7 nitrogen and oxygen atoms in total. The predicted molar refractivity (Wildman–Crippen MR) is 144 cm³/mol. The minimum absolute atomic E-state index is 0.0230. The molecule has 0 bridgehead atoms. The summed E-state index contributed by atoms with van der Waals surface area (Å²) < 4.78 is 78.6. The number of aryl methyl sites for hydroxylation is 2. The summed E-state index contributed by atoms with van der Waals surface area (Å²) in [6.07, 6.45) is -2.78. The van der Waals surface area contributed by atoms with Crippen molar-refractivity contribution in [2.45, 2.75) is 90.7 Å². The van der Waals surface area contributed by atoms with E-state index in [-0.39, 0.29) is 49.5 Å². The molecule has 3 heterocycles. The fourth-order valence-corrected chi connectivity index (χ4v) is 5.58. The lowest BCUT2D eigenvalue weighted by molar-refractivity contribution is -0.185. The summed E-state index contributed by atoms with van der Waals surface area (Å²) in [7, 11) is -1.30. The quantitative estimate of drug-likeness (QED) is 0.227. The van der Waals surface area contributed by atoms with Gasteiger partial charge in [0.15, 0.2) is 0 Å². The van der Waals surface area contributed by atoms with Gasteiger partial charge in [-0.25, -0.2) is 4.98 Å². The number of alkyl halides is 3. The smallest absolute Gasteiger partial charge is 0.391 e. The van der Waals surface area contributed by atoms with E-state index < -0.39 is 38.9 Å². The highest BCUT2D eigenvalue weighted by Gasteiger charge is 2.41. The standard InChI is InChI=1S/C27H37F3N4O3Si/c1-6-34-25(35)12-11-23-26(34)21(16-33(23)17-36-13-14-38(3,4)5)22-15-24(32-18(2)31-22)37-20-9-7-19(8-10-20)27(28,29)30/h11-12,15-16,19-20H,6-10,13-14,17H2,1-5H3/i2D3. The van der Waals surface area contributed by atoms with E-state index in [4.69, 9.17) is 13.6 Å². The lowest BCUT2D eigenvalue weighted by Gasteiger charge is -2.29. The maximum Gasteiger partial charge on any atom is 0.391 e. The van der Waals surface area contributed by atoms with Crippen LogP contribution in [-0.4, -0.2) is 46.1 Å². The molecule has 3 aromatic heterocycles. The van der Waals surface area contributed by atoms with Gasteiger partial charge in [0, 0.05) is 49.2 Å². The molecule has 4 rings (SSSR count). The summed E-state index contributed by atoms with van der Waals surface area (Å²) >= 11 is 0. The van der Waals surface area contributed by atoms with E-state index >= 15 is 0 Å². The van der Waals surface area contributed by atoms with Crippen LogP contribution < -0.4 is 10.3 Å². The molecule has 0 radical (unpaired) electrons. The van der Waals surface area contributed by atoms with E-state index in [0.717, 1.165) is 11.6 Å². The van der Waals surface area contributed by atoms with Gasteiger partial charge < -0.3 is 18.6 Å². The van der Waals surface area contributed by atoms with Crippen molar-refractivity contribution in [3.05, 3.63) is 40.6 Å². The number of aromatic nitrogens is 4. The van der Waals surface area contributed by atoms with Crippen molar-refractivity contribution in [3.63, 3.8) is 0 Å². The number of pyridine rings is 1. The van der Waals surface area contributed by atoms with E-state index in [9.17, 15) is 18.0 Å². The molecule has 208 valence electrons. The van der Waals surface area contributed by atoms with Crippen LogP contribution in [0.5, 0.6) is 5.88 Å². The van der Waals surface area contributed by atoms with Crippen molar-refractivity contribution in [2.75, 3.05) is 6.61 Å². The van der Waals surface area contributed by atoms with Crippen LogP contribution in [0, 0.1) is 12.8 Å². The number of ether oxygens (including phenoxy) is 2. The number of hydrogen-bond donors (Lipinski definition) is 0. The minimum Gasteiger partial charge on any atom is -0.474 e. The zero-order valence-electron chi connectivity index (χ0n) is 25.3. The largest absolute Gasteiger partial charge is 0.474 e. The molecule has 38 heavy (non-hydrogen) atoms. The second-order valence-electron chi connectivity index (χ2n) is 11.1. The van der Waals surface area contributed by atoms with Gasteiger partial charge in [-0.1, -0.05) is 19.6 Å². The van der Waals surface area contributed by atoms with Crippen LogP contribution in [0.15, 0.2) is 29.2 Å². The average molecular weight is 554 g/mol. The second kappa shape index (κ2) is 11.2. The molecule has 0 unspecified atom stereocenters. The first-order chi connectivity index (χ1) is 19.1. The maximum absolute atomic E-state index is 13.1. The van der Waals surface area contributed by atoms with Gasteiger partial charge in [0.2, 0.25) is 5.88 Å². The van der Waals surface area contributed by atoms with E-state index in [0.29, 0.717) is 24.2 Å². The predicted octanol–water partition coefficient (Wildman–Crippen LogP) is 6.40. The van der Waals surface area contributed by atoms with Crippen LogP contribution in [0.25, 0.3) is 22.3 Å². The highest BCUT2D eigenvalue weighted by atomic mass is 28.3. The lowest BCUT2D eigenvalue weighted by Crippen LogP contribution is -2.32. The maximum atomic E-state index is 13.1. The zero-order valence-corrected chi connectivity index (χ0v) is 23.3. The third-order valence-electron chi connectivity index (χ3n) is 6.96. The molecule has 3 aromatic rings. The molecule has 0 aliphatic heterocycles. The Hall–Kier alpha value is -2.66. The van der Waals surface area contributed by atoms with E-state index in [1.54, 1.807) is 16.8 Å². The molecular weight excluding hydrogens is 513 g/mol. The average Bonchev–Trinajstić information content (AvgIpc) is 3.24. The van der Waals surface area contributed by atoms with E-state index in [1.165, 1.54) is 12.1 Å². The van der Waals surface area contributed by atoms with Crippen molar-refractivity contribution in [3.8, 4) is 17.1 Å². The van der Waals surface area contributed by atoms with E-state index in [1.807, 2.05) is 11.5 Å². The molecule has 11 heteroatoms. The minimum atomic E-state index is -4.25. The second-order valence-corrected chi connectivity index (χ2v) is 16.7. The Labute approximate surface area is 226 Å². The Bertz CT molecular complexity index is 1430. The number of nitrogens with zero attached hydrogens (tertiary/aromatic N) is 4. The van der Waals surface area contributed by atoms with Gasteiger partial charge in [-0.15, -0.1) is 0 Å². The number of hydrogen-bond acceptors (Lipinski definition) is 5. The Morgan fingerprint density at radius 3 is 2.53 bits per heavy atom. The third-order valence-corrected chi connectivity index (χ3v) is 8.66. The van der Waals surface area contributed by atoms with Gasteiger partial charge >= 0.3 is 6.18 Å². The highest BCUT2D eigenvalue weighted by molar-refractivity contribution is 6.76. The molecule has 0 spiro atoms. The van der Waals surface area contributed by atoms with Crippen molar-refractivity contribution in [2.24, 2.45) is 5.92 Å². The van der Waals surface area contributed by atoms with Gasteiger partial charge in [-0.3, -0.25) is 4.79 Å². The van der Waals surface area contributed by atoms with Crippen molar-refractivity contribution in [1.82, 2.24) is 19.1 Å². The van der Waals surface area contributed by atoms with Crippen LogP contribution >= 0.6 is 0 Å². The summed E-state index contributed by atoms with van der Waals surface area (Å²) in [6.45, 7) is 7.15. The Morgan fingerprint density at radius 1 is 1.16 bits per heavy atom. The van der Waals surface area contributed by atoms with Gasteiger partial charge in [-0.2, -0.15) is 18.2 Å². The summed E-state index contributed by atoms with van der Waals surface area (Å²) in [4.78, 5) is 21.2. The first-order valence-corrected chi connectivity index (χ1v) is 16.7. The summed E-state index contributed by atoms with van der Waals surface area (Å²) in [5, 5.41) is 0. The molecule has 0 saturated heterocycles. The van der Waals surface area contributed by atoms with Crippen molar-refractivity contribution < 1.29 is 26.8 Å². The third kappa shape index (κ3) is 6.66. The van der Waals surface area contributed by atoms with Crippen LogP contribution in [-0.2, 0) is 18.0 Å². The zero-order chi connectivity index (χ0) is 30.2. The first-order valence-electron chi connectivity index (χ1n) is 14.5. The van der Waals surface area contributed by atoms with Gasteiger partial charge in [0.1, 0.15) is 18.7 Å². The van der Waals surface area contributed by atoms with Crippen LogP contribution in [0.3, 0.4) is 0 Å². The number of fused-ring (bicyclic) bond motifs is 1. The van der Waals surface area contributed by atoms with Crippen molar-refractivity contribution >= 4 is 19.1 Å². The summed E-state index contributed by atoms with van der Waals surface area (Å²) in [5.74, 6) is -1.83. The molecule has 1 fully saturated rings. The van der Waals surface area contributed by atoms with Crippen LogP contribution in [0.4, 0.5) is 13.2 Å². The molecule has 0 atom stereocenters. The van der Waals surface area contributed by atoms with Crippen molar-refractivity contribution in [1.29, 1.82) is 0 Å². The van der Waals surface area contributed by atoms with Crippen LogP contribution in [0.1, 0.15) is 42.5 Å². The topological polar surface area (TPSA) is 71.2 Å². The van der Waals surface area contributed by atoms with Crippen LogP contribution in [0.2, 0.25) is 25.7 Å². The highest BCUT2D eigenvalue weighted by Crippen LogP contribution is 2.39. The number of halogens is 3. The fourth-order valence-electron chi connectivity index (χ4n) is 4.82. The molecule has 1 aliphatic carbocycles. The SMILES string of the molecule is [2H]C([2H])([2H])c1nc(OC2CCC(C(F)(F)F)CC2)cc(-c2cn(COCC[Si](C)(C)C)c3ccc(=O)n(CC)c23)n1. The van der Waals surface area contributed by atoms with Gasteiger partial charge in [-0.05, 0) is 51.6 Å². The van der Waals surface area contributed by atoms with E-state index in [2.05, 4.69) is 29.6 Å². The first kappa shape index (κ1) is 24.4. The lowest BCUT2D eigenvalue weighted by atomic mass is 9.87. The molecule has 1 aliphatic rings. The monoisotopic (exact) mass is 553 g/mol. The molecule has 0 aromatic carbocycles. The summed E-state index contributed by atoms with van der Waals surface area (Å²) in [5.41, 5.74) is 1.81. The fraction of sp³-hybridized carbons (Fsp3) is 0.593.